The average Bonchev–Trinajstić information content (AvgIpc) is 2.86. The van der Waals surface area contributed by atoms with Crippen LogP contribution in [0, 0.1) is 0 Å². The lowest BCUT2D eigenvalue weighted by molar-refractivity contribution is 0.0951. The Morgan fingerprint density at radius 3 is 2.56 bits per heavy atom. The van der Waals surface area contributed by atoms with Crippen LogP contribution in [0.15, 0.2) is 47.4 Å². The molecule has 2 aromatic carbocycles. The molecule has 9 heteroatoms. The number of fused-ring (bicyclic) bond motifs is 1. The second-order valence-electron chi connectivity index (χ2n) is 8.84. The molecule has 1 aliphatic heterocycles. The molecule has 0 bridgehead atoms. The molecule has 1 heterocycles. The third-order valence-corrected chi connectivity index (χ3v) is 7.77. The number of nitrogens with one attached hydrogen (secondary N) is 2. The summed E-state index contributed by atoms with van der Waals surface area (Å²) in [4.78, 5) is 15.3. The highest BCUT2D eigenvalue weighted by Gasteiger charge is 2.22. The van der Waals surface area contributed by atoms with E-state index in [2.05, 4.69) is 22.0 Å². The smallest absolute Gasteiger partial charge is 0.262 e. The number of hydrogen-bond donors (Lipinski definition) is 2. The fourth-order valence-corrected chi connectivity index (χ4v) is 5.59. The van der Waals surface area contributed by atoms with E-state index in [1.807, 2.05) is 0 Å². The van der Waals surface area contributed by atoms with Crippen LogP contribution < -0.4 is 19.5 Å². The summed E-state index contributed by atoms with van der Waals surface area (Å²) in [5.41, 5.74) is 0.512. The van der Waals surface area contributed by atoms with Crippen LogP contribution >= 0.6 is 0 Å². The maximum absolute atomic E-state index is 13.0. The first-order valence-electron chi connectivity index (χ1n) is 11.9. The van der Waals surface area contributed by atoms with Gasteiger partial charge in [0.25, 0.3) is 15.9 Å². The Labute approximate surface area is 201 Å². The standard InChI is InChI=1S/C25H33N3O5S/c1-28(19-8-3-2-4-9-19)15-7-14-26-25(29)21-10-5-6-11-22(21)27-34(30,31)20-12-13-23-24(18-20)33-17-16-32-23/h5-6,10-13,18-19,27H,2-4,7-9,14-17H2,1H3,(H,26,29). The summed E-state index contributed by atoms with van der Waals surface area (Å²) in [6.07, 6.45) is 7.26. The Hall–Kier alpha value is -2.78. The molecule has 0 spiro atoms. The Bertz CT molecular complexity index is 1100. The topological polar surface area (TPSA) is 97.0 Å². The molecule has 1 aliphatic carbocycles. The lowest BCUT2D eigenvalue weighted by Crippen LogP contribution is -2.36. The van der Waals surface area contributed by atoms with Crippen LogP contribution in [0.2, 0.25) is 0 Å². The van der Waals surface area contributed by atoms with Crippen molar-refractivity contribution < 1.29 is 22.7 Å². The minimum Gasteiger partial charge on any atom is -0.486 e. The van der Waals surface area contributed by atoms with E-state index in [-0.39, 0.29) is 22.1 Å². The molecule has 0 unspecified atom stereocenters. The number of rotatable bonds is 9. The molecule has 0 aromatic heterocycles. The van der Waals surface area contributed by atoms with Crippen molar-refractivity contribution in [2.24, 2.45) is 0 Å². The number of para-hydroxylation sites is 1. The molecule has 4 rings (SSSR count). The highest BCUT2D eigenvalue weighted by Crippen LogP contribution is 2.33. The predicted octanol–water partition coefficient (Wildman–Crippen LogP) is 3.64. The molecule has 2 aliphatic rings. The predicted molar refractivity (Wildman–Crippen MR) is 131 cm³/mol. The normalized spacial score (nSPS) is 16.3. The van der Waals surface area contributed by atoms with Gasteiger partial charge in [-0.25, -0.2) is 8.42 Å². The molecular formula is C25H33N3O5S. The maximum atomic E-state index is 13.0. The lowest BCUT2D eigenvalue weighted by Gasteiger charge is -2.31. The van der Waals surface area contributed by atoms with E-state index in [1.165, 1.54) is 44.2 Å². The summed E-state index contributed by atoms with van der Waals surface area (Å²) < 4.78 is 39.5. The van der Waals surface area contributed by atoms with Crippen LogP contribution in [-0.4, -0.2) is 58.6 Å². The number of carbonyl (C=O) groups excluding carboxylic acids is 1. The van der Waals surface area contributed by atoms with Gasteiger partial charge in [0, 0.05) is 18.7 Å². The fourth-order valence-electron chi connectivity index (χ4n) is 4.49. The molecule has 0 atom stereocenters. The summed E-state index contributed by atoms with van der Waals surface area (Å²) in [6.45, 7) is 2.24. The molecule has 2 aromatic rings. The zero-order valence-corrected chi connectivity index (χ0v) is 20.4. The third-order valence-electron chi connectivity index (χ3n) is 6.41. The zero-order valence-electron chi connectivity index (χ0n) is 19.6. The molecular weight excluding hydrogens is 454 g/mol. The maximum Gasteiger partial charge on any atom is 0.262 e. The number of amides is 1. The first-order valence-corrected chi connectivity index (χ1v) is 13.4. The van der Waals surface area contributed by atoms with Crippen molar-refractivity contribution in [1.82, 2.24) is 10.2 Å². The number of nitrogens with zero attached hydrogens (tertiary/aromatic N) is 1. The van der Waals surface area contributed by atoms with Gasteiger partial charge in [-0.2, -0.15) is 0 Å². The molecule has 0 radical (unpaired) electrons. The number of anilines is 1. The van der Waals surface area contributed by atoms with Crippen molar-refractivity contribution in [3.8, 4) is 11.5 Å². The van der Waals surface area contributed by atoms with Crippen molar-refractivity contribution in [2.45, 2.75) is 49.5 Å². The largest absolute Gasteiger partial charge is 0.486 e. The quantitative estimate of drug-likeness (QED) is 0.524. The third kappa shape index (κ3) is 6.01. The molecule has 34 heavy (non-hydrogen) atoms. The van der Waals surface area contributed by atoms with Crippen molar-refractivity contribution in [3.05, 3.63) is 48.0 Å². The monoisotopic (exact) mass is 487 g/mol. The SMILES string of the molecule is CN(CCCNC(=O)c1ccccc1NS(=O)(=O)c1ccc2c(c1)OCCO2)C1CCCCC1. The van der Waals surface area contributed by atoms with Gasteiger partial charge in [0.2, 0.25) is 0 Å². The van der Waals surface area contributed by atoms with E-state index in [4.69, 9.17) is 9.47 Å². The van der Waals surface area contributed by atoms with E-state index in [1.54, 1.807) is 30.3 Å². The Morgan fingerprint density at radius 2 is 1.76 bits per heavy atom. The van der Waals surface area contributed by atoms with Crippen LogP contribution in [-0.2, 0) is 10.0 Å². The van der Waals surface area contributed by atoms with Gasteiger partial charge in [-0.1, -0.05) is 31.4 Å². The number of ether oxygens (including phenoxy) is 2. The first kappa shape index (κ1) is 24.3. The minimum absolute atomic E-state index is 0.0395. The van der Waals surface area contributed by atoms with Gasteiger partial charge >= 0.3 is 0 Å². The second-order valence-corrected chi connectivity index (χ2v) is 10.5. The summed E-state index contributed by atoms with van der Waals surface area (Å²) in [5, 5.41) is 2.93. The van der Waals surface area contributed by atoms with E-state index >= 15 is 0 Å². The molecule has 0 saturated heterocycles. The van der Waals surface area contributed by atoms with Gasteiger partial charge in [-0.05, 0) is 57.1 Å². The second kappa shape index (κ2) is 11.1. The van der Waals surface area contributed by atoms with Crippen LogP contribution in [0.3, 0.4) is 0 Å². The number of benzene rings is 2. The van der Waals surface area contributed by atoms with Crippen LogP contribution in [0.5, 0.6) is 11.5 Å². The summed E-state index contributed by atoms with van der Waals surface area (Å²) >= 11 is 0. The number of hydrogen-bond acceptors (Lipinski definition) is 6. The van der Waals surface area contributed by atoms with Crippen LogP contribution in [0.4, 0.5) is 5.69 Å². The molecule has 1 fully saturated rings. The summed E-state index contributed by atoms with van der Waals surface area (Å²) in [6, 6.07) is 11.7. The number of carbonyl (C=O) groups is 1. The Balaban J connectivity index is 1.36. The van der Waals surface area contributed by atoms with Gasteiger partial charge in [-0.15, -0.1) is 0 Å². The van der Waals surface area contributed by atoms with E-state index in [9.17, 15) is 13.2 Å². The molecule has 2 N–H and O–H groups in total. The van der Waals surface area contributed by atoms with E-state index in [0.717, 1.165) is 13.0 Å². The fraction of sp³-hybridized carbons (Fsp3) is 0.480. The zero-order chi connectivity index (χ0) is 24.0. The number of sulfonamides is 1. The van der Waals surface area contributed by atoms with Gasteiger partial charge in [0.05, 0.1) is 16.1 Å². The van der Waals surface area contributed by atoms with Crippen molar-refractivity contribution in [2.75, 3.05) is 38.1 Å². The Kier molecular flexibility index (Phi) is 7.95. The molecule has 1 amide bonds. The Morgan fingerprint density at radius 1 is 1.03 bits per heavy atom. The molecule has 1 saturated carbocycles. The van der Waals surface area contributed by atoms with Crippen molar-refractivity contribution in [3.63, 3.8) is 0 Å². The molecule has 184 valence electrons. The van der Waals surface area contributed by atoms with Gasteiger partial charge in [0.1, 0.15) is 13.2 Å². The van der Waals surface area contributed by atoms with Crippen LogP contribution in [0.25, 0.3) is 0 Å². The van der Waals surface area contributed by atoms with Gasteiger partial charge in [0.15, 0.2) is 11.5 Å². The highest BCUT2D eigenvalue weighted by molar-refractivity contribution is 7.92. The summed E-state index contributed by atoms with van der Waals surface area (Å²) in [7, 11) is -1.77. The summed E-state index contributed by atoms with van der Waals surface area (Å²) in [5.74, 6) is 0.596. The minimum atomic E-state index is -3.92. The van der Waals surface area contributed by atoms with E-state index in [0.29, 0.717) is 37.3 Å². The molecule has 8 nitrogen and oxygen atoms in total. The van der Waals surface area contributed by atoms with Crippen molar-refractivity contribution in [1.29, 1.82) is 0 Å². The first-order chi connectivity index (χ1) is 16.4. The van der Waals surface area contributed by atoms with Gasteiger partial charge in [-0.3, -0.25) is 9.52 Å². The van der Waals surface area contributed by atoms with Crippen molar-refractivity contribution >= 4 is 21.6 Å². The van der Waals surface area contributed by atoms with E-state index < -0.39 is 10.0 Å². The highest BCUT2D eigenvalue weighted by atomic mass is 32.2. The lowest BCUT2D eigenvalue weighted by atomic mass is 9.94. The average molecular weight is 488 g/mol. The van der Waals surface area contributed by atoms with Crippen LogP contribution in [0.1, 0.15) is 48.9 Å². The van der Waals surface area contributed by atoms with Gasteiger partial charge < -0.3 is 19.7 Å².